The number of benzene rings is 1. The largest absolute Gasteiger partial charge is 0.416 e. The summed E-state index contributed by atoms with van der Waals surface area (Å²) in [7, 11) is 0. The van der Waals surface area contributed by atoms with Gasteiger partial charge in [-0.1, -0.05) is 6.07 Å². The van der Waals surface area contributed by atoms with Crippen LogP contribution in [0.4, 0.5) is 32.0 Å². The first kappa shape index (κ1) is 19.5. The summed E-state index contributed by atoms with van der Waals surface area (Å²) in [5.41, 5.74) is -2.87. The zero-order valence-corrected chi connectivity index (χ0v) is 14.5. The Morgan fingerprint density at radius 2 is 1.63 bits per heavy atom. The van der Waals surface area contributed by atoms with Gasteiger partial charge in [0.05, 0.1) is 16.4 Å². The number of pyridine rings is 1. The minimum Gasteiger partial charge on any atom is -0.295 e. The van der Waals surface area contributed by atoms with Crippen molar-refractivity contribution in [3.8, 4) is 0 Å². The van der Waals surface area contributed by atoms with E-state index in [0.717, 1.165) is 16.7 Å². The van der Waals surface area contributed by atoms with Gasteiger partial charge in [0, 0.05) is 23.6 Å². The minimum atomic E-state index is -4.98. The van der Waals surface area contributed by atoms with Crippen LogP contribution in [-0.4, -0.2) is 16.1 Å². The third-order valence-corrected chi connectivity index (χ3v) is 5.32. The van der Waals surface area contributed by atoms with Gasteiger partial charge in [-0.25, -0.2) is 0 Å². The molecule has 2 heterocycles. The van der Waals surface area contributed by atoms with Crippen molar-refractivity contribution >= 4 is 23.4 Å². The molecule has 0 spiro atoms. The van der Waals surface area contributed by atoms with Gasteiger partial charge >= 0.3 is 12.4 Å². The molecule has 0 aliphatic carbocycles. The molecule has 1 aromatic carbocycles. The zero-order valence-electron chi connectivity index (χ0n) is 13.7. The van der Waals surface area contributed by atoms with E-state index >= 15 is 0 Å². The fourth-order valence-corrected chi connectivity index (χ4v) is 3.97. The standard InChI is InChI=1S/C17H12F6N2OS/c1-9-14(26)25(15(27-9)10-3-2-4-24-8-10)13-6-11(16(18,19)20)5-12(7-13)17(21,22)23/h2-9,15H,1H3/t9-,15+/m1/s1. The molecule has 0 N–H and O–H groups in total. The van der Waals surface area contributed by atoms with E-state index in [4.69, 9.17) is 0 Å². The number of alkyl halides is 6. The molecule has 2 atom stereocenters. The summed E-state index contributed by atoms with van der Waals surface area (Å²) in [6, 6.07) is 4.36. The van der Waals surface area contributed by atoms with E-state index < -0.39 is 45.7 Å². The molecule has 0 radical (unpaired) electrons. The van der Waals surface area contributed by atoms with Crippen molar-refractivity contribution in [3.05, 3.63) is 59.4 Å². The van der Waals surface area contributed by atoms with Gasteiger partial charge in [-0.15, -0.1) is 11.8 Å². The summed E-state index contributed by atoms with van der Waals surface area (Å²) in [6.45, 7) is 1.55. The number of aromatic nitrogens is 1. The van der Waals surface area contributed by atoms with Crippen molar-refractivity contribution < 1.29 is 31.1 Å². The van der Waals surface area contributed by atoms with Crippen LogP contribution >= 0.6 is 11.8 Å². The first-order chi connectivity index (χ1) is 12.5. The molecule has 144 valence electrons. The molecule has 0 bridgehead atoms. The third-order valence-electron chi connectivity index (χ3n) is 3.97. The van der Waals surface area contributed by atoms with Crippen molar-refractivity contribution in [2.45, 2.75) is 29.9 Å². The van der Waals surface area contributed by atoms with Crippen LogP contribution in [0.1, 0.15) is 29.0 Å². The van der Waals surface area contributed by atoms with E-state index in [1.807, 2.05) is 0 Å². The highest BCUT2D eigenvalue weighted by Crippen LogP contribution is 2.47. The van der Waals surface area contributed by atoms with Crippen LogP contribution in [0.5, 0.6) is 0 Å². The Labute approximate surface area is 154 Å². The van der Waals surface area contributed by atoms with Gasteiger partial charge in [-0.2, -0.15) is 26.3 Å². The Kier molecular flexibility index (Phi) is 4.87. The zero-order chi connectivity index (χ0) is 20.0. The number of thioether (sulfide) groups is 1. The van der Waals surface area contributed by atoms with E-state index in [2.05, 4.69) is 4.98 Å². The topological polar surface area (TPSA) is 33.2 Å². The molecular formula is C17H12F6N2OS. The number of nitrogens with zero attached hydrogens (tertiary/aromatic N) is 2. The highest BCUT2D eigenvalue weighted by Gasteiger charge is 2.43. The third kappa shape index (κ3) is 3.90. The Morgan fingerprint density at radius 3 is 2.11 bits per heavy atom. The number of carbonyl (C=O) groups is 1. The van der Waals surface area contributed by atoms with Gasteiger partial charge < -0.3 is 0 Å². The second-order valence-electron chi connectivity index (χ2n) is 5.89. The number of hydrogen-bond acceptors (Lipinski definition) is 3. The smallest absolute Gasteiger partial charge is 0.295 e. The number of hydrogen-bond donors (Lipinski definition) is 0. The summed E-state index contributed by atoms with van der Waals surface area (Å²) in [5, 5.41) is -1.40. The summed E-state index contributed by atoms with van der Waals surface area (Å²) in [4.78, 5) is 17.4. The second-order valence-corrected chi connectivity index (χ2v) is 7.32. The molecule has 0 saturated carbocycles. The van der Waals surface area contributed by atoms with Crippen molar-refractivity contribution in [2.75, 3.05) is 4.90 Å². The van der Waals surface area contributed by atoms with Crippen LogP contribution in [0.2, 0.25) is 0 Å². The van der Waals surface area contributed by atoms with Crippen molar-refractivity contribution in [1.82, 2.24) is 4.98 Å². The summed E-state index contributed by atoms with van der Waals surface area (Å²) >= 11 is 1.13. The van der Waals surface area contributed by atoms with E-state index in [9.17, 15) is 31.1 Å². The summed E-state index contributed by atoms with van der Waals surface area (Å²) in [6.07, 6.45) is -7.07. The van der Waals surface area contributed by atoms with Gasteiger partial charge in [0.25, 0.3) is 0 Å². The minimum absolute atomic E-state index is 0.0414. The lowest BCUT2D eigenvalue weighted by atomic mass is 10.1. The molecule has 10 heteroatoms. The predicted molar refractivity (Wildman–Crippen MR) is 88.0 cm³/mol. The average Bonchev–Trinajstić information content (AvgIpc) is 2.89. The fourth-order valence-electron chi connectivity index (χ4n) is 2.71. The predicted octanol–water partition coefficient (Wildman–Crippen LogP) is 5.29. The highest BCUT2D eigenvalue weighted by atomic mass is 32.2. The van der Waals surface area contributed by atoms with Gasteiger partial charge in [0.15, 0.2) is 0 Å². The molecule has 1 aliphatic heterocycles. The monoisotopic (exact) mass is 406 g/mol. The van der Waals surface area contributed by atoms with Crippen LogP contribution in [0.25, 0.3) is 0 Å². The maximum atomic E-state index is 13.1. The molecule has 0 unspecified atom stereocenters. The summed E-state index contributed by atoms with van der Waals surface area (Å²) < 4.78 is 78.8. The number of anilines is 1. The van der Waals surface area contributed by atoms with Gasteiger partial charge in [-0.3, -0.25) is 14.7 Å². The van der Waals surface area contributed by atoms with Crippen LogP contribution in [0.15, 0.2) is 42.7 Å². The molecule has 27 heavy (non-hydrogen) atoms. The normalized spacial score (nSPS) is 21.0. The Bertz CT molecular complexity index is 820. The molecular weight excluding hydrogens is 394 g/mol. The second kappa shape index (κ2) is 6.74. The lowest BCUT2D eigenvalue weighted by Crippen LogP contribution is -2.30. The molecule has 2 aromatic rings. The lowest BCUT2D eigenvalue weighted by Gasteiger charge is -2.26. The number of carbonyl (C=O) groups excluding carboxylic acids is 1. The lowest BCUT2D eigenvalue weighted by molar-refractivity contribution is -0.143. The Balaban J connectivity index is 2.16. The molecule has 1 amide bonds. The van der Waals surface area contributed by atoms with Crippen LogP contribution in [-0.2, 0) is 17.1 Å². The quantitative estimate of drug-likeness (QED) is 0.636. The van der Waals surface area contributed by atoms with Crippen molar-refractivity contribution in [1.29, 1.82) is 0 Å². The SMILES string of the molecule is C[C@H]1S[C@@H](c2cccnc2)N(c2cc(C(F)(F)F)cc(C(F)(F)F)c2)C1=O. The van der Waals surface area contributed by atoms with Crippen LogP contribution in [0.3, 0.4) is 0 Å². The van der Waals surface area contributed by atoms with Crippen molar-refractivity contribution in [2.24, 2.45) is 0 Å². The maximum Gasteiger partial charge on any atom is 0.416 e. The number of amides is 1. The Morgan fingerprint density at radius 1 is 1.04 bits per heavy atom. The molecule has 3 nitrogen and oxygen atoms in total. The van der Waals surface area contributed by atoms with E-state index in [0.29, 0.717) is 17.7 Å². The number of rotatable bonds is 2. The number of halogens is 6. The first-order valence-electron chi connectivity index (χ1n) is 7.66. The summed E-state index contributed by atoms with van der Waals surface area (Å²) in [5.74, 6) is -0.568. The van der Waals surface area contributed by atoms with Gasteiger partial charge in [-0.05, 0) is 31.2 Å². The molecule has 3 rings (SSSR count). The molecule has 1 aromatic heterocycles. The van der Waals surface area contributed by atoms with E-state index in [-0.39, 0.29) is 6.07 Å². The van der Waals surface area contributed by atoms with Crippen LogP contribution < -0.4 is 4.90 Å². The molecule has 1 saturated heterocycles. The molecule has 1 aliphatic rings. The molecule has 1 fully saturated rings. The van der Waals surface area contributed by atoms with E-state index in [1.54, 1.807) is 19.1 Å². The van der Waals surface area contributed by atoms with Crippen molar-refractivity contribution in [3.63, 3.8) is 0 Å². The average molecular weight is 406 g/mol. The highest BCUT2D eigenvalue weighted by molar-refractivity contribution is 8.01. The van der Waals surface area contributed by atoms with Crippen LogP contribution in [0, 0.1) is 0 Å². The maximum absolute atomic E-state index is 13.1. The van der Waals surface area contributed by atoms with Gasteiger partial charge in [0.2, 0.25) is 5.91 Å². The first-order valence-corrected chi connectivity index (χ1v) is 8.60. The van der Waals surface area contributed by atoms with Gasteiger partial charge in [0.1, 0.15) is 5.37 Å². The van der Waals surface area contributed by atoms with E-state index in [1.165, 1.54) is 12.4 Å². The Hall–Kier alpha value is -2.23. The fraction of sp³-hybridized carbons (Fsp3) is 0.294.